The first kappa shape index (κ1) is 36.9. The van der Waals surface area contributed by atoms with Crippen molar-refractivity contribution in [3.05, 3.63) is 84.4 Å². The number of carbonyl (C=O) groups excluding carboxylic acids is 3. The van der Waals surface area contributed by atoms with Crippen molar-refractivity contribution < 1.29 is 43.2 Å². The Morgan fingerprint density at radius 3 is 2.55 bits per heavy atom. The fourth-order valence-electron chi connectivity index (χ4n) is 6.56. The van der Waals surface area contributed by atoms with Gasteiger partial charge in [0.15, 0.2) is 0 Å². The smallest absolute Gasteiger partial charge is 0.408 e. The molecule has 3 amide bonds. The van der Waals surface area contributed by atoms with E-state index in [0.717, 1.165) is 5.56 Å². The molecule has 6 rings (SSSR count). The quantitative estimate of drug-likeness (QED) is 0.243. The van der Waals surface area contributed by atoms with E-state index >= 15 is 0 Å². The van der Waals surface area contributed by atoms with Crippen LogP contribution in [-0.2, 0) is 25.5 Å². The largest absolute Gasteiger partial charge is 0.497 e. The Morgan fingerprint density at radius 2 is 1.81 bits per heavy atom. The average molecular weight is 725 g/mol. The van der Waals surface area contributed by atoms with Gasteiger partial charge >= 0.3 is 12.1 Å². The zero-order valence-electron chi connectivity index (χ0n) is 30.2. The molecule has 4 aromatic rings. The first-order chi connectivity index (χ1) is 25.4. The third-order valence-corrected chi connectivity index (χ3v) is 9.04. The number of fused-ring (bicyclic) bond motifs is 4. The van der Waals surface area contributed by atoms with Gasteiger partial charge in [-0.3, -0.25) is 9.59 Å². The summed E-state index contributed by atoms with van der Waals surface area (Å²) in [6.45, 7) is 5.34. The Hall–Kier alpha value is -5.85. The van der Waals surface area contributed by atoms with E-state index < -0.39 is 53.7 Å². The summed E-state index contributed by atoms with van der Waals surface area (Å²) in [5, 5.41) is 16.1. The van der Waals surface area contributed by atoms with Gasteiger partial charge in [0.05, 0.1) is 31.5 Å². The Bertz CT molecular complexity index is 1980. The highest BCUT2D eigenvalue weighted by atomic mass is 16.6. The lowest BCUT2D eigenvalue weighted by molar-refractivity contribution is -0.144. The van der Waals surface area contributed by atoms with E-state index in [9.17, 15) is 24.3 Å². The standard InChI is InChI=1S/C40H44N4O9/c1-40(2,3)53-39(49)43-33-19-24-10-8-13-27(18-24)51-17-9-14-30(38(47)48)42-36(45)34-21-28(23-44(34)37(33)46)52-35-22-31(25-11-6-5-7-12-25)41-32-20-26(50-4)15-16-29(32)35/h5-8,10-13,15-16,18,20,22,28,30,33-34H,9,14,17,19,21,23H2,1-4H3,(H,42,45)(H,43,49)(H,47,48)/t28-,30-,33-,34+/m1/s1. The Morgan fingerprint density at radius 1 is 1.02 bits per heavy atom. The summed E-state index contributed by atoms with van der Waals surface area (Å²) in [6.07, 6.45) is -0.895. The first-order valence-corrected chi connectivity index (χ1v) is 17.6. The molecule has 4 atom stereocenters. The maximum Gasteiger partial charge on any atom is 0.408 e. The van der Waals surface area contributed by atoms with Crippen LogP contribution in [0.4, 0.5) is 4.79 Å². The molecule has 0 spiro atoms. The SMILES string of the molecule is COc1ccc2c(O[C@@H]3C[C@H]4C(=O)N[C@@H](C(=O)O)CCCOc5cccc(c5)C[C@@H](NC(=O)OC(C)(C)C)C(=O)N4C3)cc(-c3ccccc3)nc2c1. The minimum atomic E-state index is -1.22. The number of carboxylic acid groups (broad SMARTS) is 1. The minimum absolute atomic E-state index is 0.0229. The molecule has 0 radical (unpaired) electrons. The number of benzene rings is 3. The van der Waals surface area contributed by atoms with Gasteiger partial charge in [-0.05, 0) is 63.4 Å². The van der Waals surface area contributed by atoms with Crippen LogP contribution < -0.4 is 24.8 Å². The molecule has 2 aliphatic rings. The number of methoxy groups -OCH3 is 1. The highest BCUT2D eigenvalue weighted by Crippen LogP contribution is 2.35. The van der Waals surface area contributed by atoms with Crippen molar-refractivity contribution in [2.24, 2.45) is 0 Å². The number of rotatable bonds is 6. The summed E-state index contributed by atoms with van der Waals surface area (Å²) in [5.74, 6) is -0.765. The van der Waals surface area contributed by atoms with Gasteiger partial charge in [-0.1, -0.05) is 42.5 Å². The molecule has 0 aliphatic carbocycles. The molecule has 0 saturated carbocycles. The van der Waals surface area contributed by atoms with Gasteiger partial charge in [-0.25, -0.2) is 14.6 Å². The summed E-state index contributed by atoms with van der Waals surface area (Å²) in [6, 6.07) is 20.5. The van der Waals surface area contributed by atoms with Crippen LogP contribution in [0, 0.1) is 0 Å². The summed E-state index contributed by atoms with van der Waals surface area (Å²) in [4.78, 5) is 60.2. The van der Waals surface area contributed by atoms with Crippen LogP contribution in [0.15, 0.2) is 78.9 Å². The topological polar surface area (TPSA) is 166 Å². The number of alkyl carbamates (subject to hydrolysis) is 1. The molecular formula is C40H44N4O9. The number of hydrogen-bond acceptors (Lipinski definition) is 9. The highest BCUT2D eigenvalue weighted by molar-refractivity contribution is 5.94. The van der Waals surface area contributed by atoms with Crippen LogP contribution in [0.1, 0.15) is 45.6 Å². The normalized spacial score (nSPS) is 20.9. The predicted octanol–water partition coefficient (Wildman–Crippen LogP) is 5.14. The number of nitrogens with zero attached hydrogens (tertiary/aromatic N) is 2. The number of carbonyl (C=O) groups is 4. The number of pyridine rings is 1. The summed E-state index contributed by atoms with van der Waals surface area (Å²) >= 11 is 0. The van der Waals surface area contributed by atoms with Crippen molar-refractivity contribution >= 4 is 34.8 Å². The lowest BCUT2D eigenvalue weighted by Gasteiger charge is -2.30. The van der Waals surface area contributed by atoms with Crippen LogP contribution in [0.2, 0.25) is 0 Å². The molecule has 1 aromatic heterocycles. The van der Waals surface area contributed by atoms with E-state index in [1.807, 2.05) is 54.6 Å². The summed E-state index contributed by atoms with van der Waals surface area (Å²) in [7, 11) is 1.57. The van der Waals surface area contributed by atoms with E-state index in [0.29, 0.717) is 45.8 Å². The number of carboxylic acids is 1. The van der Waals surface area contributed by atoms with E-state index in [2.05, 4.69) is 10.6 Å². The first-order valence-electron chi connectivity index (χ1n) is 17.6. The van der Waals surface area contributed by atoms with Crippen molar-refractivity contribution in [2.75, 3.05) is 20.3 Å². The molecule has 13 nitrogen and oxygen atoms in total. The maximum absolute atomic E-state index is 14.6. The highest BCUT2D eigenvalue weighted by Gasteiger charge is 2.44. The third kappa shape index (κ3) is 9.15. The van der Waals surface area contributed by atoms with Crippen molar-refractivity contribution in [1.82, 2.24) is 20.5 Å². The molecule has 1 fully saturated rings. The fraction of sp³-hybridized carbons (Fsp3) is 0.375. The van der Waals surface area contributed by atoms with Gasteiger partial charge in [0.1, 0.15) is 47.1 Å². The fourth-order valence-corrected chi connectivity index (χ4v) is 6.56. The minimum Gasteiger partial charge on any atom is -0.497 e. The molecule has 3 heterocycles. The maximum atomic E-state index is 14.6. The van der Waals surface area contributed by atoms with Crippen LogP contribution in [0.5, 0.6) is 17.2 Å². The van der Waals surface area contributed by atoms with Crippen LogP contribution >= 0.6 is 0 Å². The number of aromatic nitrogens is 1. The van der Waals surface area contributed by atoms with Gasteiger partial charge in [0.25, 0.3) is 0 Å². The molecule has 2 aliphatic heterocycles. The molecule has 3 aromatic carbocycles. The second-order valence-electron chi connectivity index (χ2n) is 14.2. The van der Waals surface area contributed by atoms with Gasteiger partial charge in [-0.15, -0.1) is 0 Å². The molecule has 1 saturated heterocycles. The lowest BCUT2D eigenvalue weighted by Crippen LogP contribution is -2.56. The van der Waals surface area contributed by atoms with Gasteiger partial charge in [0.2, 0.25) is 11.8 Å². The van der Waals surface area contributed by atoms with E-state index in [1.54, 1.807) is 52.1 Å². The van der Waals surface area contributed by atoms with Gasteiger partial charge < -0.3 is 39.6 Å². The molecule has 13 heteroatoms. The third-order valence-electron chi connectivity index (χ3n) is 9.04. The van der Waals surface area contributed by atoms with Crippen LogP contribution in [0.3, 0.4) is 0 Å². The van der Waals surface area contributed by atoms with E-state index in [-0.39, 0.29) is 32.4 Å². The number of amides is 3. The molecule has 278 valence electrons. The number of ether oxygens (including phenoxy) is 4. The number of nitrogens with one attached hydrogen (secondary N) is 2. The Balaban J connectivity index is 1.37. The Labute approximate surface area is 307 Å². The Kier molecular flexibility index (Phi) is 11.0. The lowest BCUT2D eigenvalue weighted by atomic mass is 10.0. The van der Waals surface area contributed by atoms with E-state index in [1.165, 1.54) is 4.90 Å². The molecule has 2 bridgehead atoms. The summed E-state index contributed by atoms with van der Waals surface area (Å²) in [5.41, 5.74) is 2.01. The van der Waals surface area contributed by atoms with Crippen molar-refractivity contribution in [1.29, 1.82) is 0 Å². The number of hydrogen-bond donors (Lipinski definition) is 3. The number of aliphatic carboxylic acids is 1. The molecule has 0 unspecified atom stereocenters. The van der Waals surface area contributed by atoms with Crippen molar-refractivity contribution in [3.63, 3.8) is 0 Å². The van der Waals surface area contributed by atoms with Crippen molar-refractivity contribution in [3.8, 4) is 28.5 Å². The van der Waals surface area contributed by atoms with Crippen LogP contribution in [-0.4, -0.2) is 89.0 Å². The average Bonchev–Trinajstić information content (AvgIpc) is 3.55. The second kappa shape index (κ2) is 15.8. The van der Waals surface area contributed by atoms with E-state index in [4.69, 9.17) is 23.9 Å². The van der Waals surface area contributed by atoms with Gasteiger partial charge in [0, 0.05) is 35.9 Å². The molecule has 53 heavy (non-hydrogen) atoms. The molecule has 3 N–H and O–H groups in total. The van der Waals surface area contributed by atoms with Crippen LogP contribution in [0.25, 0.3) is 22.2 Å². The van der Waals surface area contributed by atoms with Gasteiger partial charge in [-0.2, -0.15) is 0 Å². The zero-order chi connectivity index (χ0) is 37.7. The second-order valence-corrected chi connectivity index (χ2v) is 14.2. The zero-order valence-corrected chi connectivity index (χ0v) is 30.2. The van der Waals surface area contributed by atoms with Crippen molar-refractivity contribution in [2.45, 2.75) is 76.3 Å². The molecular weight excluding hydrogens is 680 g/mol. The monoisotopic (exact) mass is 724 g/mol. The summed E-state index contributed by atoms with van der Waals surface area (Å²) < 4.78 is 23.5. The predicted molar refractivity (Wildman–Crippen MR) is 196 cm³/mol.